The molecule has 1 rings (SSSR count). The summed E-state index contributed by atoms with van der Waals surface area (Å²) in [5.74, 6) is -2.33. The Morgan fingerprint density at radius 2 is 2.06 bits per heavy atom. The van der Waals surface area contributed by atoms with Crippen LogP contribution in [0.4, 0.5) is 23.2 Å². The molecule has 0 amide bonds. The van der Waals surface area contributed by atoms with Gasteiger partial charge in [0.1, 0.15) is 11.9 Å². The number of rotatable bonds is 4. The molecule has 0 aliphatic rings. The summed E-state index contributed by atoms with van der Waals surface area (Å²) in [6.45, 7) is 1.56. The van der Waals surface area contributed by atoms with Gasteiger partial charge >= 0.3 is 12.1 Å². The zero-order valence-corrected chi connectivity index (χ0v) is 9.38. The molecule has 0 heterocycles. The van der Waals surface area contributed by atoms with Crippen molar-refractivity contribution in [3.8, 4) is 0 Å². The molecule has 0 aliphatic carbocycles. The molecule has 100 valence electrons. The minimum atomic E-state index is -4.63. The predicted octanol–water partition coefficient (Wildman–Crippen LogP) is 3.12. The van der Waals surface area contributed by atoms with E-state index in [9.17, 15) is 22.4 Å². The van der Waals surface area contributed by atoms with Crippen LogP contribution in [-0.2, 0) is 11.0 Å². The second kappa shape index (κ2) is 5.24. The van der Waals surface area contributed by atoms with Crippen molar-refractivity contribution in [1.82, 2.24) is 0 Å². The lowest BCUT2D eigenvalue weighted by Crippen LogP contribution is -2.28. The Bertz CT molecular complexity index is 445. The van der Waals surface area contributed by atoms with Gasteiger partial charge in [0.05, 0.1) is 11.3 Å². The van der Waals surface area contributed by atoms with Crippen LogP contribution in [0.2, 0.25) is 0 Å². The van der Waals surface area contributed by atoms with E-state index in [0.717, 1.165) is 6.07 Å². The van der Waals surface area contributed by atoms with E-state index in [2.05, 4.69) is 5.32 Å². The number of aliphatic carboxylic acids is 1. The number of hydrogen-bond donors (Lipinski definition) is 2. The normalized spacial score (nSPS) is 13.2. The predicted molar refractivity (Wildman–Crippen MR) is 56.7 cm³/mol. The number of anilines is 1. The molecule has 0 saturated carbocycles. The number of halogens is 4. The van der Waals surface area contributed by atoms with Gasteiger partial charge in [-0.25, -0.2) is 9.18 Å². The Labute approximate surface area is 100 Å². The van der Waals surface area contributed by atoms with Crippen molar-refractivity contribution in [3.05, 3.63) is 29.6 Å². The van der Waals surface area contributed by atoms with E-state index in [1.807, 2.05) is 0 Å². The summed E-state index contributed by atoms with van der Waals surface area (Å²) in [6.07, 6.45) is -4.45. The van der Waals surface area contributed by atoms with Gasteiger partial charge in [-0.05, 0) is 24.6 Å². The van der Waals surface area contributed by atoms with Crippen LogP contribution in [0.15, 0.2) is 18.2 Å². The largest absolute Gasteiger partial charge is 0.480 e. The number of carboxylic acids is 1. The topological polar surface area (TPSA) is 49.3 Å². The maximum Gasteiger partial charge on any atom is 0.416 e. The maximum atomic E-state index is 13.4. The standard InChI is InChI=1S/C11H11F4NO2/c1-2-8(10(17)18)16-9-4-3-6(5-7(9)12)11(13,14)15/h3-5,8,16H,2H2,1H3,(H,17,18). The molecule has 18 heavy (non-hydrogen) atoms. The molecule has 0 radical (unpaired) electrons. The van der Waals surface area contributed by atoms with E-state index in [1.54, 1.807) is 6.92 Å². The first kappa shape index (κ1) is 14.3. The van der Waals surface area contributed by atoms with Crippen LogP contribution in [0, 0.1) is 5.82 Å². The highest BCUT2D eigenvalue weighted by atomic mass is 19.4. The first-order chi connectivity index (χ1) is 8.25. The lowest BCUT2D eigenvalue weighted by molar-refractivity contribution is -0.138. The van der Waals surface area contributed by atoms with Gasteiger partial charge in [-0.1, -0.05) is 6.92 Å². The molecule has 0 aromatic heterocycles. The Hall–Kier alpha value is -1.79. The lowest BCUT2D eigenvalue weighted by Gasteiger charge is -2.15. The minimum absolute atomic E-state index is 0.176. The van der Waals surface area contributed by atoms with Crippen molar-refractivity contribution in [2.24, 2.45) is 0 Å². The molecule has 7 heteroatoms. The monoisotopic (exact) mass is 265 g/mol. The molecule has 0 spiro atoms. The molecular formula is C11H11F4NO2. The summed E-state index contributed by atoms with van der Waals surface area (Å²) in [7, 11) is 0. The smallest absolute Gasteiger partial charge is 0.416 e. The molecule has 1 unspecified atom stereocenters. The quantitative estimate of drug-likeness (QED) is 0.822. The maximum absolute atomic E-state index is 13.4. The molecule has 1 aromatic rings. The summed E-state index contributed by atoms with van der Waals surface area (Å²) in [5, 5.41) is 11.1. The van der Waals surface area contributed by atoms with Gasteiger partial charge in [-0.3, -0.25) is 0 Å². The fourth-order valence-electron chi connectivity index (χ4n) is 1.33. The number of hydrogen-bond acceptors (Lipinski definition) is 2. The zero-order chi connectivity index (χ0) is 13.9. The summed E-state index contributed by atoms with van der Waals surface area (Å²) in [5.41, 5.74) is -1.38. The second-order valence-electron chi connectivity index (χ2n) is 3.64. The molecule has 1 atom stereocenters. The van der Waals surface area contributed by atoms with E-state index in [0.29, 0.717) is 12.1 Å². The molecule has 0 bridgehead atoms. The van der Waals surface area contributed by atoms with E-state index >= 15 is 0 Å². The first-order valence-corrected chi connectivity index (χ1v) is 5.11. The third-order valence-corrected chi connectivity index (χ3v) is 2.33. The highest BCUT2D eigenvalue weighted by molar-refractivity contribution is 5.77. The molecule has 1 aromatic carbocycles. The Morgan fingerprint density at radius 1 is 1.44 bits per heavy atom. The zero-order valence-electron chi connectivity index (χ0n) is 9.38. The number of carboxylic acid groups (broad SMARTS) is 1. The molecule has 2 N–H and O–H groups in total. The number of alkyl halides is 3. The molecule has 0 aliphatic heterocycles. The van der Waals surface area contributed by atoms with E-state index in [1.165, 1.54) is 0 Å². The third-order valence-electron chi connectivity index (χ3n) is 2.33. The number of nitrogens with one attached hydrogen (secondary N) is 1. The van der Waals surface area contributed by atoms with Crippen LogP contribution in [0.3, 0.4) is 0 Å². The molecular weight excluding hydrogens is 254 g/mol. The fraction of sp³-hybridized carbons (Fsp3) is 0.364. The second-order valence-corrected chi connectivity index (χ2v) is 3.64. The SMILES string of the molecule is CCC(Nc1ccc(C(F)(F)F)cc1F)C(=O)O. The lowest BCUT2D eigenvalue weighted by atomic mass is 10.1. The Morgan fingerprint density at radius 3 is 2.44 bits per heavy atom. The minimum Gasteiger partial charge on any atom is -0.480 e. The number of benzene rings is 1. The molecule has 0 saturated heterocycles. The van der Waals surface area contributed by atoms with Crippen LogP contribution in [0.25, 0.3) is 0 Å². The van der Waals surface area contributed by atoms with Gasteiger partial charge in [-0.15, -0.1) is 0 Å². The average Bonchev–Trinajstić information content (AvgIpc) is 2.25. The van der Waals surface area contributed by atoms with Gasteiger partial charge in [0, 0.05) is 0 Å². The van der Waals surface area contributed by atoms with Gasteiger partial charge in [0.15, 0.2) is 0 Å². The van der Waals surface area contributed by atoms with Crippen LogP contribution < -0.4 is 5.32 Å². The molecule has 0 fully saturated rings. The van der Waals surface area contributed by atoms with Crippen LogP contribution in [0.1, 0.15) is 18.9 Å². The first-order valence-electron chi connectivity index (χ1n) is 5.11. The number of carbonyl (C=O) groups is 1. The fourth-order valence-corrected chi connectivity index (χ4v) is 1.33. The van der Waals surface area contributed by atoms with Gasteiger partial charge in [-0.2, -0.15) is 13.2 Å². The van der Waals surface area contributed by atoms with Gasteiger partial charge < -0.3 is 10.4 Å². The van der Waals surface area contributed by atoms with E-state index < -0.39 is 29.6 Å². The van der Waals surface area contributed by atoms with Gasteiger partial charge in [0.2, 0.25) is 0 Å². The third kappa shape index (κ3) is 3.35. The van der Waals surface area contributed by atoms with Crippen LogP contribution in [-0.4, -0.2) is 17.1 Å². The van der Waals surface area contributed by atoms with Crippen molar-refractivity contribution < 1.29 is 27.5 Å². The summed E-state index contributed by atoms with van der Waals surface area (Å²) in [4.78, 5) is 10.7. The highest BCUT2D eigenvalue weighted by Gasteiger charge is 2.31. The van der Waals surface area contributed by atoms with Crippen molar-refractivity contribution >= 4 is 11.7 Å². The summed E-state index contributed by atoms with van der Waals surface area (Å²) in [6, 6.07) is 0.858. The van der Waals surface area contributed by atoms with E-state index in [-0.39, 0.29) is 12.1 Å². The van der Waals surface area contributed by atoms with Crippen molar-refractivity contribution in [2.75, 3.05) is 5.32 Å². The van der Waals surface area contributed by atoms with E-state index in [4.69, 9.17) is 5.11 Å². The summed E-state index contributed by atoms with van der Waals surface area (Å²) < 4.78 is 50.2. The summed E-state index contributed by atoms with van der Waals surface area (Å²) >= 11 is 0. The van der Waals surface area contributed by atoms with Crippen molar-refractivity contribution in [1.29, 1.82) is 0 Å². The Kier molecular flexibility index (Phi) is 4.15. The van der Waals surface area contributed by atoms with Crippen LogP contribution in [0.5, 0.6) is 0 Å². The highest BCUT2D eigenvalue weighted by Crippen LogP contribution is 2.31. The van der Waals surface area contributed by atoms with Gasteiger partial charge in [0.25, 0.3) is 0 Å². The Balaban J connectivity index is 2.96. The van der Waals surface area contributed by atoms with Crippen molar-refractivity contribution in [3.63, 3.8) is 0 Å². The van der Waals surface area contributed by atoms with Crippen LogP contribution >= 0.6 is 0 Å². The molecule has 3 nitrogen and oxygen atoms in total. The van der Waals surface area contributed by atoms with Crippen molar-refractivity contribution in [2.45, 2.75) is 25.6 Å². The average molecular weight is 265 g/mol.